The molecule has 5 heterocycles. The van der Waals surface area contributed by atoms with E-state index in [4.69, 9.17) is 10.6 Å². The van der Waals surface area contributed by atoms with Crippen LogP contribution in [-0.2, 0) is 25.8 Å². The first-order valence-corrected chi connectivity index (χ1v) is 14.6. The van der Waals surface area contributed by atoms with E-state index in [9.17, 15) is 19.5 Å². The van der Waals surface area contributed by atoms with Gasteiger partial charge < -0.3 is 26.0 Å². The maximum Gasteiger partial charge on any atom is 0.352 e. The molecular weight excluding hydrogens is 575 g/mol. The molecule has 0 radical (unpaired) electrons. The molecule has 18 heteroatoms. The number of carbonyl (C=O) groups is 3. The van der Waals surface area contributed by atoms with Crippen molar-refractivity contribution in [3.05, 3.63) is 45.6 Å². The predicted octanol–water partition coefficient (Wildman–Crippen LogP) is 1.06. The average molecular weight is 594 g/mol. The third-order valence-electron chi connectivity index (χ3n) is 5.31. The number of aromatic amines is 1. The number of imidazole rings is 1. The normalized spacial score (nSPS) is 19.2. The molecule has 0 saturated carbocycles. The number of β-lactam (4-membered cyclic amide) rings is 1. The van der Waals surface area contributed by atoms with E-state index >= 15 is 0 Å². The van der Waals surface area contributed by atoms with Gasteiger partial charge in [0.15, 0.2) is 21.8 Å². The minimum absolute atomic E-state index is 0.0256. The van der Waals surface area contributed by atoms with E-state index in [1.807, 2.05) is 6.92 Å². The van der Waals surface area contributed by atoms with Crippen molar-refractivity contribution in [3.63, 3.8) is 0 Å². The largest absolute Gasteiger partial charge is 0.477 e. The summed E-state index contributed by atoms with van der Waals surface area (Å²) in [5.74, 6) is -1.21. The Morgan fingerprint density at radius 2 is 2.26 bits per heavy atom. The van der Waals surface area contributed by atoms with Gasteiger partial charge in [-0.2, -0.15) is 0 Å². The van der Waals surface area contributed by atoms with Crippen LogP contribution in [0.2, 0.25) is 0 Å². The summed E-state index contributed by atoms with van der Waals surface area (Å²) in [4.78, 5) is 55.8. The highest BCUT2D eigenvalue weighted by molar-refractivity contribution is 8.01. The lowest BCUT2D eigenvalue weighted by Gasteiger charge is -2.49. The monoisotopic (exact) mass is 593 g/mol. The third-order valence-corrected chi connectivity index (χ3v) is 9.38. The number of carboxylic acid groups (broad SMARTS) is 1. The quantitative estimate of drug-likeness (QED) is 0.113. The number of hydrogen-bond acceptors (Lipinski definition) is 14. The maximum absolute atomic E-state index is 13.2. The SMILES string of the molecule is Cc1nnc(SCC2=C(C(=O)O)N3C(=O)[C@@H](NC(=O)/C(=N\OCc4ncc[nH]4)c4csc(N)n4)[C@H]3SC2)s1. The number of nitrogens with one attached hydrogen (secondary N) is 2. The first kappa shape index (κ1) is 26.1. The van der Waals surface area contributed by atoms with Crippen molar-refractivity contribution in [2.24, 2.45) is 5.16 Å². The molecule has 5 N–H and O–H groups in total. The number of thiazole rings is 1. The fourth-order valence-electron chi connectivity index (χ4n) is 3.63. The number of anilines is 1. The van der Waals surface area contributed by atoms with Gasteiger partial charge in [0.05, 0.1) is 0 Å². The number of nitrogen functional groups attached to an aromatic ring is 1. The van der Waals surface area contributed by atoms with Crippen LogP contribution in [0.15, 0.2) is 38.5 Å². The summed E-state index contributed by atoms with van der Waals surface area (Å²) in [6.45, 7) is 1.81. The van der Waals surface area contributed by atoms with E-state index in [1.165, 1.54) is 39.8 Å². The minimum atomic E-state index is -1.20. The summed E-state index contributed by atoms with van der Waals surface area (Å²) >= 11 is 5.27. The van der Waals surface area contributed by atoms with Gasteiger partial charge in [0, 0.05) is 29.3 Å². The number of hydrogen-bond donors (Lipinski definition) is 4. The molecule has 0 bridgehead atoms. The number of aryl methyl sites for hydroxylation is 1. The fraction of sp³-hybridized carbons (Fsp3) is 0.300. The fourth-order valence-corrected chi connectivity index (χ4v) is 7.47. The Morgan fingerprint density at radius 1 is 1.42 bits per heavy atom. The number of thioether (sulfide) groups is 2. The number of rotatable bonds is 10. The second kappa shape index (κ2) is 11.1. The Morgan fingerprint density at radius 3 is 2.92 bits per heavy atom. The molecule has 14 nitrogen and oxygen atoms in total. The van der Waals surface area contributed by atoms with Crippen molar-refractivity contribution in [2.45, 2.75) is 29.3 Å². The number of H-pyrrole nitrogens is 1. The Balaban J connectivity index is 1.29. The lowest BCUT2D eigenvalue weighted by molar-refractivity contribution is -0.150. The first-order chi connectivity index (χ1) is 18.3. The number of carboxylic acids is 1. The van der Waals surface area contributed by atoms with Crippen molar-refractivity contribution in [3.8, 4) is 0 Å². The molecule has 38 heavy (non-hydrogen) atoms. The second-order valence-corrected chi connectivity index (χ2v) is 12.2. The average Bonchev–Trinajstić information content (AvgIpc) is 3.66. The van der Waals surface area contributed by atoms with E-state index in [2.05, 4.69) is 35.6 Å². The lowest BCUT2D eigenvalue weighted by atomic mass is 10.0. The van der Waals surface area contributed by atoms with Gasteiger partial charge in [0.2, 0.25) is 0 Å². The van der Waals surface area contributed by atoms with Crippen LogP contribution < -0.4 is 11.1 Å². The van der Waals surface area contributed by atoms with Gasteiger partial charge in [-0.3, -0.25) is 14.5 Å². The number of oxime groups is 1. The van der Waals surface area contributed by atoms with E-state index in [1.54, 1.807) is 17.8 Å². The van der Waals surface area contributed by atoms with Crippen LogP contribution in [0.5, 0.6) is 0 Å². The number of fused-ring (bicyclic) bond motifs is 1. The summed E-state index contributed by atoms with van der Waals surface area (Å²) in [6.07, 6.45) is 3.17. The minimum Gasteiger partial charge on any atom is -0.477 e. The van der Waals surface area contributed by atoms with Crippen LogP contribution in [0, 0.1) is 6.92 Å². The van der Waals surface area contributed by atoms with Crippen LogP contribution in [0.4, 0.5) is 5.13 Å². The summed E-state index contributed by atoms with van der Waals surface area (Å²) in [7, 11) is 0. The van der Waals surface area contributed by atoms with Crippen LogP contribution in [-0.4, -0.2) is 81.6 Å². The highest BCUT2D eigenvalue weighted by Crippen LogP contribution is 2.41. The van der Waals surface area contributed by atoms with Crippen LogP contribution in [0.3, 0.4) is 0 Å². The van der Waals surface area contributed by atoms with Gasteiger partial charge >= 0.3 is 5.97 Å². The van der Waals surface area contributed by atoms with Crippen LogP contribution >= 0.6 is 46.2 Å². The van der Waals surface area contributed by atoms with Crippen molar-refractivity contribution >= 4 is 74.8 Å². The molecule has 2 aliphatic rings. The number of amides is 2. The van der Waals surface area contributed by atoms with Crippen molar-refractivity contribution in [2.75, 3.05) is 17.2 Å². The molecule has 0 aliphatic carbocycles. The topological polar surface area (TPSA) is 202 Å². The summed E-state index contributed by atoms with van der Waals surface area (Å²) < 4.78 is 0.718. The van der Waals surface area contributed by atoms with E-state index < -0.39 is 29.2 Å². The molecule has 2 amide bonds. The second-order valence-electron chi connectivity index (χ2n) is 7.81. The van der Waals surface area contributed by atoms with Gasteiger partial charge in [-0.1, -0.05) is 28.3 Å². The smallest absolute Gasteiger partial charge is 0.352 e. The van der Waals surface area contributed by atoms with Crippen LogP contribution in [0.1, 0.15) is 16.5 Å². The predicted molar refractivity (Wildman–Crippen MR) is 141 cm³/mol. The number of aliphatic carboxylic acids is 1. The zero-order chi connectivity index (χ0) is 26.8. The van der Waals surface area contributed by atoms with Crippen molar-refractivity contribution in [1.82, 2.24) is 35.4 Å². The molecule has 0 unspecified atom stereocenters. The van der Waals surface area contributed by atoms with E-state index in [0.717, 1.165) is 20.7 Å². The Kier molecular flexibility index (Phi) is 7.63. The molecule has 3 aromatic rings. The maximum atomic E-state index is 13.2. The molecule has 5 rings (SSSR count). The Labute approximate surface area is 231 Å². The molecule has 0 spiro atoms. The van der Waals surface area contributed by atoms with Gasteiger partial charge in [-0.15, -0.1) is 33.3 Å². The highest BCUT2D eigenvalue weighted by Gasteiger charge is 2.54. The zero-order valence-electron chi connectivity index (χ0n) is 19.5. The van der Waals surface area contributed by atoms with E-state index in [-0.39, 0.29) is 28.8 Å². The number of nitrogens with two attached hydrogens (primary N) is 1. The molecule has 2 aliphatic heterocycles. The van der Waals surface area contributed by atoms with Crippen molar-refractivity contribution in [1.29, 1.82) is 0 Å². The van der Waals surface area contributed by atoms with Gasteiger partial charge in [0.25, 0.3) is 11.8 Å². The molecule has 198 valence electrons. The first-order valence-electron chi connectivity index (χ1n) is 10.8. The molecular formula is C20H19N9O5S4. The zero-order valence-corrected chi connectivity index (χ0v) is 22.7. The lowest BCUT2D eigenvalue weighted by Crippen LogP contribution is -2.71. The van der Waals surface area contributed by atoms with Crippen LogP contribution in [0.25, 0.3) is 0 Å². The molecule has 3 aromatic heterocycles. The Hall–Kier alpha value is -3.48. The third kappa shape index (κ3) is 5.38. The number of nitrogens with zero attached hydrogens (tertiary/aromatic N) is 6. The Bertz CT molecular complexity index is 1430. The van der Waals surface area contributed by atoms with Gasteiger partial charge in [-0.05, 0) is 12.5 Å². The highest BCUT2D eigenvalue weighted by atomic mass is 32.2. The molecule has 2 atom stereocenters. The van der Waals surface area contributed by atoms with E-state index in [0.29, 0.717) is 22.9 Å². The molecule has 0 aromatic carbocycles. The number of carbonyl (C=O) groups excluding carboxylic acids is 2. The number of aromatic nitrogens is 5. The van der Waals surface area contributed by atoms with Gasteiger partial charge in [0.1, 0.15) is 33.6 Å². The summed E-state index contributed by atoms with van der Waals surface area (Å²) in [5, 5.41) is 26.5. The standard InChI is InChI=1S/C20H19N9O5S4/c1-8-26-27-20(38-8)37-6-9-5-35-17-13(16(31)29(17)14(9)18(32)33)25-15(30)12(10-7-36-19(21)24-10)28-34-4-11-22-2-3-23-11/h2-3,7,13,17H,4-6H2,1H3,(H2,21,24)(H,22,23)(H,25,30)(H,32,33)/b28-12-/t13-,17-/m1/s1. The molecule has 1 fully saturated rings. The van der Waals surface area contributed by atoms with Crippen molar-refractivity contribution < 1.29 is 24.3 Å². The molecule has 1 saturated heterocycles. The van der Waals surface area contributed by atoms with Gasteiger partial charge in [-0.25, -0.2) is 14.8 Å². The summed E-state index contributed by atoms with van der Waals surface area (Å²) in [6, 6.07) is -0.951. The summed E-state index contributed by atoms with van der Waals surface area (Å²) in [5.41, 5.74) is 6.26.